The lowest BCUT2D eigenvalue weighted by molar-refractivity contribution is 0.466. The van der Waals surface area contributed by atoms with Gasteiger partial charge in [-0.25, -0.2) is 0 Å². The van der Waals surface area contributed by atoms with Crippen molar-refractivity contribution in [2.75, 3.05) is 26.2 Å². The highest BCUT2D eigenvalue weighted by atomic mass is 79.9. The Labute approximate surface area is 113 Å². The van der Waals surface area contributed by atoms with Gasteiger partial charge in [-0.05, 0) is 24.2 Å². The van der Waals surface area contributed by atoms with Crippen molar-refractivity contribution >= 4 is 15.9 Å². The molecule has 17 heavy (non-hydrogen) atoms. The fourth-order valence-electron chi connectivity index (χ4n) is 1.76. The molecule has 0 atom stereocenters. The largest absolute Gasteiger partial charge is 0.316 e. The summed E-state index contributed by atoms with van der Waals surface area (Å²) in [6, 6.07) is 8.59. The molecule has 3 heteroatoms. The normalized spacial score (nSPS) is 11.8. The fourth-order valence-corrected chi connectivity index (χ4v) is 2.02. The summed E-state index contributed by atoms with van der Waals surface area (Å²) in [6.07, 6.45) is 0. The molecule has 2 N–H and O–H groups in total. The van der Waals surface area contributed by atoms with Gasteiger partial charge in [0, 0.05) is 29.5 Å². The summed E-state index contributed by atoms with van der Waals surface area (Å²) in [5, 5.41) is 6.81. The average Bonchev–Trinajstić information content (AvgIpc) is 2.29. The third-order valence-corrected chi connectivity index (χ3v) is 3.45. The highest BCUT2D eigenvalue weighted by molar-refractivity contribution is 9.10. The number of rotatable bonds is 7. The summed E-state index contributed by atoms with van der Waals surface area (Å²) in [5.41, 5.74) is 1.55. The monoisotopic (exact) mass is 298 g/mol. The van der Waals surface area contributed by atoms with Crippen molar-refractivity contribution in [3.05, 3.63) is 34.3 Å². The molecule has 0 amide bonds. The summed E-state index contributed by atoms with van der Waals surface area (Å²) >= 11 is 3.47. The van der Waals surface area contributed by atoms with E-state index in [-0.39, 0.29) is 5.41 Å². The SMILES string of the molecule is CCNCCNCC(C)(C)c1ccc(Br)cc1. The van der Waals surface area contributed by atoms with Crippen molar-refractivity contribution in [2.24, 2.45) is 0 Å². The zero-order valence-electron chi connectivity index (χ0n) is 11.0. The smallest absolute Gasteiger partial charge is 0.0175 e. The second-order valence-electron chi connectivity index (χ2n) is 4.92. The molecule has 0 aromatic heterocycles. The van der Waals surface area contributed by atoms with Crippen molar-refractivity contribution in [1.82, 2.24) is 10.6 Å². The quantitative estimate of drug-likeness (QED) is 0.757. The van der Waals surface area contributed by atoms with E-state index < -0.39 is 0 Å². The van der Waals surface area contributed by atoms with E-state index in [0.29, 0.717) is 0 Å². The van der Waals surface area contributed by atoms with Crippen LogP contribution >= 0.6 is 15.9 Å². The number of likely N-dealkylation sites (N-methyl/N-ethyl adjacent to an activating group) is 1. The molecule has 96 valence electrons. The lowest BCUT2D eigenvalue weighted by atomic mass is 9.85. The van der Waals surface area contributed by atoms with Gasteiger partial charge in [-0.3, -0.25) is 0 Å². The third kappa shape index (κ3) is 5.19. The van der Waals surface area contributed by atoms with Crippen molar-refractivity contribution in [3.8, 4) is 0 Å². The Hall–Kier alpha value is -0.380. The van der Waals surface area contributed by atoms with Gasteiger partial charge in [-0.1, -0.05) is 48.8 Å². The minimum atomic E-state index is 0.174. The van der Waals surface area contributed by atoms with Crippen LogP contribution in [0, 0.1) is 0 Å². The van der Waals surface area contributed by atoms with Crippen LogP contribution in [0.3, 0.4) is 0 Å². The second kappa shape index (κ2) is 7.14. The molecule has 0 aliphatic heterocycles. The summed E-state index contributed by atoms with van der Waals surface area (Å²) < 4.78 is 1.14. The van der Waals surface area contributed by atoms with Crippen LogP contribution in [0.4, 0.5) is 0 Å². The molecule has 0 radical (unpaired) electrons. The van der Waals surface area contributed by atoms with Crippen LogP contribution in [0.1, 0.15) is 26.3 Å². The van der Waals surface area contributed by atoms with Crippen LogP contribution in [-0.4, -0.2) is 26.2 Å². The van der Waals surface area contributed by atoms with Crippen LogP contribution in [0.25, 0.3) is 0 Å². The van der Waals surface area contributed by atoms with Crippen LogP contribution in [0.5, 0.6) is 0 Å². The molecule has 0 aliphatic rings. The van der Waals surface area contributed by atoms with E-state index in [2.05, 4.69) is 71.6 Å². The van der Waals surface area contributed by atoms with Gasteiger partial charge in [-0.15, -0.1) is 0 Å². The minimum Gasteiger partial charge on any atom is -0.316 e. The average molecular weight is 299 g/mol. The van der Waals surface area contributed by atoms with Gasteiger partial charge in [-0.2, -0.15) is 0 Å². The molecule has 0 heterocycles. The lowest BCUT2D eigenvalue weighted by Crippen LogP contribution is -2.36. The molecule has 2 nitrogen and oxygen atoms in total. The Bertz CT molecular complexity index is 319. The van der Waals surface area contributed by atoms with Gasteiger partial charge < -0.3 is 10.6 Å². The van der Waals surface area contributed by atoms with Crippen molar-refractivity contribution in [1.29, 1.82) is 0 Å². The fraction of sp³-hybridized carbons (Fsp3) is 0.571. The van der Waals surface area contributed by atoms with E-state index in [4.69, 9.17) is 0 Å². The number of hydrogen-bond donors (Lipinski definition) is 2. The predicted octanol–water partition coefficient (Wildman–Crippen LogP) is 2.93. The Balaban J connectivity index is 2.42. The topological polar surface area (TPSA) is 24.1 Å². The maximum Gasteiger partial charge on any atom is 0.0175 e. The highest BCUT2D eigenvalue weighted by Crippen LogP contribution is 2.23. The summed E-state index contributed by atoms with van der Waals surface area (Å²) in [4.78, 5) is 0. The van der Waals surface area contributed by atoms with Gasteiger partial charge in [0.25, 0.3) is 0 Å². The van der Waals surface area contributed by atoms with Crippen LogP contribution in [0.2, 0.25) is 0 Å². The van der Waals surface area contributed by atoms with Crippen molar-refractivity contribution in [3.63, 3.8) is 0 Å². The van der Waals surface area contributed by atoms with E-state index in [0.717, 1.165) is 30.7 Å². The minimum absolute atomic E-state index is 0.174. The molecular weight excluding hydrogens is 276 g/mol. The molecule has 0 aliphatic carbocycles. The number of benzene rings is 1. The van der Waals surface area contributed by atoms with Gasteiger partial charge in [0.1, 0.15) is 0 Å². The predicted molar refractivity (Wildman–Crippen MR) is 78.6 cm³/mol. The Morgan fingerprint density at radius 3 is 2.24 bits per heavy atom. The summed E-state index contributed by atoms with van der Waals surface area (Å²) in [5.74, 6) is 0. The standard InChI is InChI=1S/C14H23BrN2/c1-4-16-9-10-17-11-14(2,3)12-5-7-13(15)8-6-12/h5-8,16-17H,4,9-11H2,1-3H3. The highest BCUT2D eigenvalue weighted by Gasteiger charge is 2.19. The first kappa shape index (κ1) is 14.7. The second-order valence-corrected chi connectivity index (χ2v) is 5.84. The van der Waals surface area contributed by atoms with Gasteiger partial charge in [0.05, 0.1) is 0 Å². The van der Waals surface area contributed by atoms with E-state index >= 15 is 0 Å². The van der Waals surface area contributed by atoms with Gasteiger partial charge in [0.15, 0.2) is 0 Å². The Kier molecular flexibility index (Phi) is 6.17. The molecule has 1 aromatic rings. The number of halogens is 1. The van der Waals surface area contributed by atoms with Crippen LogP contribution in [-0.2, 0) is 5.41 Å². The first-order valence-corrected chi connectivity index (χ1v) is 7.03. The van der Waals surface area contributed by atoms with E-state index in [1.54, 1.807) is 0 Å². The Morgan fingerprint density at radius 1 is 1.06 bits per heavy atom. The van der Waals surface area contributed by atoms with E-state index in [9.17, 15) is 0 Å². The summed E-state index contributed by atoms with van der Waals surface area (Å²) in [7, 11) is 0. The van der Waals surface area contributed by atoms with E-state index in [1.807, 2.05) is 0 Å². The first-order valence-electron chi connectivity index (χ1n) is 6.24. The van der Waals surface area contributed by atoms with Crippen LogP contribution in [0.15, 0.2) is 28.7 Å². The molecular formula is C14H23BrN2. The van der Waals surface area contributed by atoms with E-state index in [1.165, 1.54) is 5.56 Å². The van der Waals surface area contributed by atoms with Crippen LogP contribution < -0.4 is 10.6 Å². The van der Waals surface area contributed by atoms with Crippen molar-refractivity contribution < 1.29 is 0 Å². The van der Waals surface area contributed by atoms with Gasteiger partial charge >= 0.3 is 0 Å². The molecule has 1 rings (SSSR count). The van der Waals surface area contributed by atoms with Gasteiger partial charge in [0.2, 0.25) is 0 Å². The zero-order chi connectivity index (χ0) is 12.7. The molecule has 0 spiro atoms. The molecule has 0 saturated heterocycles. The molecule has 0 bridgehead atoms. The molecule has 0 unspecified atom stereocenters. The first-order chi connectivity index (χ1) is 8.06. The zero-order valence-corrected chi connectivity index (χ0v) is 12.6. The maximum atomic E-state index is 3.50. The molecule has 0 saturated carbocycles. The molecule has 1 aromatic carbocycles. The molecule has 0 fully saturated rings. The lowest BCUT2D eigenvalue weighted by Gasteiger charge is -2.26. The maximum absolute atomic E-state index is 3.50. The number of hydrogen-bond acceptors (Lipinski definition) is 2. The number of nitrogens with one attached hydrogen (secondary N) is 2. The third-order valence-electron chi connectivity index (χ3n) is 2.92. The summed E-state index contributed by atoms with van der Waals surface area (Å²) in [6.45, 7) is 10.8. The Morgan fingerprint density at radius 2 is 1.65 bits per heavy atom. The van der Waals surface area contributed by atoms with Crippen molar-refractivity contribution in [2.45, 2.75) is 26.2 Å².